The van der Waals surface area contributed by atoms with Crippen LogP contribution in [0.2, 0.25) is 0 Å². The molecule has 11 unspecified atom stereocenters. The van der Waals surface area contributed by atoms with Crippen LogP contribution in [-0.4, -0.2) is 223 Å². The number of fused-ring (bicyclic) bond motifs is 2. The lowest BCUT2D eigenvalue weighted by atomic mass is 10.0. The number of guanidine groups is 1. The molecule has 2 aromatic carbocycles. The van der Waals surface area contributed by atoms with Crippen LogP contribution in [0, 0.1) is 0 Å². The molecule has 103 heavy (non-hydrogen) atoms. The number of aliphatic imine (C=N–C) groups is 2. The maximum atomic E-state index is 14.4. The van der Waals surface area contributed by atoms with Crippen molar-refractivity contribution in [3.05, 3.63) is 53.0 Å². The lowest BCUT2D eigenvalue weighted by Crippen LogP contribution is -2.60. The summed E-state index contributed by atoms with van der Waals surface area (Å²) < 4.78 is 0.597. The first-order chi connectivity index (χ1) is 49.2. The summed E-state index contributed by atoms with van der Waals surface area (Å²) in [6.07, 6.45) is 2.31. The Morgan fingerprint density at radius 1 is 0.602 bits per heavy atom. The number of carboxylic acids is 1. The number of aliphatic hydroxyl groups excluding tert-OH is 2. The molecule has 4 heterocycles. The van der Waals surface area contributed by atoms with Crippen molar-refractivity contribution in [1.29, 1.82) is 0 Å². The molecule has 564 valence electrons. The topological polar surface area (TPSA) is 603 Å². The molecule has 11 atom stereocenters. The predicted octanol–water partition coefficient (Wildman–Crippen LogP) is -3.38. The molecule has 3 aromatic rings. The number of phenolic OH excluding ortho intramolecular Hbond substituents is 1. The van der Waals surface area contributed by atoms with Gasteiger partial charge in [-0.2, -0.15) is 11.8 Å². The molecular weight excluding hydrogens is 1400 g/mol. The van der Waals surface area contributed by atoms with Crippen LogP contribution >= 0.6 is 34.9 Å². The van der Waals surface area contributed by atoms with Crippen LogP contribution in [0.15, 0.2) is 52.4 Å². The largest absolute Gasteiger partial charge is 0.508 e. The van der Waals surface area contributed by atoms with Crippen LogP contribution < -0.4 is 87.2 Å². The number of urea groups is 1. The molecule has 25 N–H and O–H groups in total. The molecule has 0 spiro atoms. The fourth-order valence-electron chi connectivity index (χ4n) is 11.1. The van der Waals surface area contributed by atoms with E-state index in [0.29, 0.717) is 76.2 Å². The summed E-state index contributed by atoms with van der Waals surface area (Å²) >= 11 is 4.26. The molecular formula is C64H93N19O17S3. The Hall–Kier alpha value is -9.44. The quantitative estimate of drug-likeness (QED) is 0.0114. The van der Waals surface area contributed by atoms with Gasteiger partial charge in [-0.3, -0.25) is 62.7 Å². The van der Waals surface area contributed by atoms with Crippen molar-refractivity contribution in [2.45, 2.75) is 181 Å². The zero-order chi connectivity index (χ0) is 75.1. The minimum Gasteiger partial charge on any atom is -0.508 e. The van der Waals surface area contributed by atoms with E-state index in [4.69, 9.17) is 28.7 Å². The summed E-state index contributed by atoms with van der Waals surface area (Å²) in [4.78, 5) is 185. The predicted molar refractivity (Wildman–Crippen MR) is 383 cm³/mol. The maximum Gasteiger partial charge on any atom is 0.329 e. The number of phenols is 1. The number of aromatic nitrogens is 1. The van der Waals surface area contributed by atoms with Crippen molar-refractivity contribution < 1.29 is 82.8 Å². The highest BCUT2D eigenvalue weighted by Crippen LogP contribution is 2.34. The molecule has 0 aliphatic carbocycles. The standard InChI is InChI=1S/C64H93N19O17S3/c65-24-6-5-9-37(74-53(91)38(10-8-26-71-63(68)69)75-58(96)42(29-84)73-51(90)13-2-1-7-25-70-50(89)12-4-3-11-46-52-44(31-101-46)82-64(100)83-52)54(92)79-43(30-85)59(97)77-39(20-22-48(66)87)55(93)76-40(21-23-49(67)88)56(94)78-41(27-33-14-17-35(86)18-15-33)57(95)72-34-16-19-36-47(28-34)103-61(80-36)60-81-45(32-102-60)62(98)99/h14-19,28,37-46,52,84-86H,1-13,20-27,29-32,65H2,(H2,66,87)(H2,67,88)(H,70,89)(H,72,95)(H,73,90)(H,74,91)(H,75,96)(H,76,93)(H,77,97)(H,78,94)(H,79,92)(H,98,99)(H4,68,69,71)(H2,82,83,100). The van der Waals surface area contributed by atoms with Gasteiger partial charge in [-0.05, 0) is 113 Å². The SMILES string of the molecule is NCCCCC(NC(=O)C(CCCN=C(N)N)NC(=O)C(CO)NC(=O)CCCCCNC(=O)CCCCC1SCC2NC(=O)NC21)C(=O)NC(CO)C(=O)NC(CCC(N)=O)C(=O)NC(CCC(N)=O)C(=O)NC(Cc1ccc(O)cc1)C(=O)Nc1ccc2nc(C3=NC(C(=O)O)CS3)sc2c1. The van der Waals surface area contributed by atoms with Crippen LogP contribution in [-0.2, 0) is 64.0 Å². The van der Waals surface area contributed by atoms with E-state index in [1.807, 2.05) is 11.8 Å². The summed E-state index contributed by atoms with van der Waals surface area (Å²) in [5.41, 5.74) is 28.9. The molecule has 3 aliphatic heterocycles. The van der Waals surface area contributed by atoms with Crippen LogP contribution in [0.1, 0.15) is 120 Å². The molecule has 36 nitrogen and oxygen atoms in total. The number of anilines is 1. The molecule has 6 rings (SSSR count). The monoisotopic (exact) mass is 1500 g/mol. The van der Waals surface area contributed by atoms with Crippen LogP contribution in [0.5, 0.6) is 5.75 Å². The Labute approximate surface area is 605 Å². The third kappa shape index (κ3) is 27.7. The van der Waals surface area contributed by atoms with Gasteiger partial charge in [0.05, 0.1) is 35.5 Å². The molecule has 1 aromatic heterocycles. The molecule has 0 saturated carbocycles. The minimum absolute atomic E-state index is 0.0176. The average molecular weight is 1500 g/mol. The number of aliphatic hydroxyl groups is 2. The van der Waals surface area contributed by atoms with E-state index in [1.165, 1.54) is 47.4 Å². The molecule has 13 amide bonds. The van der Waals surface area contributed by atoms with Crippen molar-refractivity contribution in [2.24, 2.45) is 38.7 Å². The summed E-state index contributed by atoms with van der Waals surface area (Å²) in [7, 11) is 0. The summed E-state index contributed by atoms with van der Waals surface area (Å²) in [5.74, 6) is -10.0. The van der Waals surface area contributed by atoms with Gasteiger partial charge in [0.25, 0.3) is 0 Å². The van der Waals surface area contributed by atoms with Crippen LogP contribution in [0.3, 0.4) is 0 Å². The Balaban J connectivity index is 1.06. The van der Waals surface area contributed by atoms with Crippen molar-refractivity contribution in [2.75, 3.05) is 49.7 Å². The molecule has 2 saturated heterocycles. The number of thiazole rings is 1. The van der Waals surface area contributed by atoms with E-state index in [1.54, 1.807) is 18.2 Å². The summed E-state index contributed by atoms with van der Waals surface area (Å²) in [6, 6.07) is -1.63. The Morgan fingerprint density at radius 2 is 1.17 bits per heavy atom. The molecule has 0 radical (unpaired) electrons. The summed E-state index contributed by atoms with van der Waals surface area (Å²) in [5, 5.41) is 70.3. The highest BCUT2D eigenvalue weighted by molar-refractivity contribution is 8.15. The second-order valence-corrected chi connectivity index (χ2v) is 28.1. The number of unbranched alkanes of at least 4 members (excludes halogenated alkanes) is 4. The number of nitrogens with one attached hydrogen (secondary N) is 11. The number of rotatable bonds is 46. The molecule has 2 fully saturated rings. The van der Waals surface area contributed by atoms with Gasteiger partial charge in [-0.25, -0.2) is 14.6 Å². The first kappa shape index (κ1) is 82.5. The van der Waals surface area contributed by atoms with Gasteiger partial charge < -0.3 is 108 Å². The van der Waals surface area contributed by atoms with Gasteiger partial charge in [0.2, 0.25) is 65.0 Å². The number of hydrogen-bond donors (Lipinski definition) is 20. The molecule has 3 aliphatic rings. The average Bonchev–Trinajstić information content (AvgIpc) is 1.68. The number of aromatic hydroxyl groups is 1. The highest BCUT2D eigenvalue weighted by Gasteiger charge is 2.43. The number of nitrogens with two attached hydrogens (primary N) is 5. The van der Waals surface area contributed by atoms with Crippen LogP contribution in [0.25, 0.3) is 10.2 Å². The number of aliphatic carboxylic acids is 1. The number of carbonyl (C=O) groups excluding carboxylic acids is 12. The smallest absolute Gasteiger partial charge is 0.329 e. The Bertz CT molecular complexity index is 3550. The highest BCUT2D eigenvalue weighted by atomic mass is 32.2. The van der Waals surface area contributed by atoms with E-state index in [9.17, 15) is 82.8 Å². The second kappa shape index (κ2) is 42.2. The normalized spacial score (nSPS) is 17.9. The van der Waals surface area contributed by atoms with Gasteiger partial charge in [-0.15, -0.1) is 23.1 Å². The Morgan fingerprint density at radius 3 is 1.75 bits per heavy atom. The maximum absolute atomic E-state index is 14.4. The fraction of sp³-hybridized carbons (Fsp3) is 0.562. The van der Waals surface area contributed by atoms with Gasteiger partial charge in [-0.1, -0.05) is 25.0 Å². The first-order valence-electron chi connectivity index (χ1n) is 33.8. The lowest BCUT2D eigenvalue weighted by Gasteiger charge is -2.27. The first-order valence-corrected chi connectivity index (χ1v) is 36.6. The lowest BCUT2D eigenvalue weighted by molar-refractivity contribution is -0.138. The van der Waals surface area contributed by atoms with Gasteiger partial charge >= 0.3 is 12.0 Å². The van der Waals surface area contributed by atoms with Crippen molar-refractivity contribution in [1.82, 2.24) is 58.2 Å². The Kier molecular flexibility index (Phi) is 33.8. The van der Waals surface area contributed by atoms with Gasteiger partial charge in [0, 0.05) is 67.6 Å². The van der Waals surface area contributed by atoms with Crippen LogP contribution in [0.4, 0.5) is 10.5 Å². The third-order valence-corrected chi connectivity index (χ3v) is 20.4. The zero-order valence-electron chi connectivity index (χ0n) is 56.6. The number of benzene rings is 2. The molecule has 0 bridgehead atoms. The number of thioether (sulfide) groups is 2. The molecule has 39 heteroatoms. The summed E-state index contributed by atoms with van der Waals surface area (Å²) in [6.45, 7) is -1.48. The number of carboxylic acid groups (broad SMARTS) is 1. The van der Waals surface area contributed by atoms with E-state index in [0.717, 1.165) is 18.6 Å². The number of nitrogens with zero attached hydrogens (tertiary/aromatic N) is 3. The zero-order valence-corrected chi connectivity index (χ0v) is 59.1. The number of amides is 13. The third-order valence-electron chi connectivity index (χ3n) is 16.7. The van der Waals surface area contributed by atoms with Crippen molar-refractivity contribution >= 4 is 139 Å². The van der Waals surface area contributed by atoms with E-state index >= 15 is 0 Å². The van der Waals surface area contributed by atoms with Crippen molar-refractivity contribution in [3.8, 4) is 5.75 Å². The van der Waals surface area contributed by atoms with Crippen molar-refractivity contribution in [3.63, 3.8) is 0 Å². The van der Waals surface area contributed by atoms with Gasteiger partial charge in [0.15, 0.2) is 12.0 Å². The van der Waals surface area contributed by atoms with E-state index in [-0.39, 0.29) is 98.8 Å². The van der Waals surface area contributed by atoms with E-state index < -0.39 is 152 Å². The number of hydrogen-bond acceptors (Lipinski definition) is 23. The minimum atomic E-state index is -1.88. The number of primary amides is 2. The number of carbonyl (C=O) groups is 13. The second-order valence-electron chi connectivity index (χ2n) is 24.8. The van der Waals surface area contributed by atoms with Gasteiger partial charge in [0.1, 0.15) is 58.1 Å². The van der Waals surface area contributed by atoms with E-state index in [2.05, 4.69) is 73.5 Å². The fourth-order valence-corrected chi connectivity index (χ4v) is 14.8.